The third kappa shape index (κ3) is 3.67. The maximum atomic E-state index is 12.7. The second kappa shape index (κ2) is 6.99. The molecule has 138 valence electrons. The number of nitrogens with one attached hydrogen (secondary N) is 1. The predicted molar refractivity (Wildman–Crippen MR) is 98.7 cm³/mol. The molecule has 1 aliphatic rings. The Balaban J connectivity index is 1.94. The largest absolute Gasteiger partial charge is 0.492 e. The van der Waals surface area contributed by atoms with Gasteiger partial charge in [-0.1, -0.05) is 12.1 Å². The Morgan fingerprint density at radius 1 is 1.27 bits per heavy atom. The molecule has 0 amide bonds. The van der Waals surface area contributed by atoms with Crippen LogP contribution in [0.1, 0.15) is 36.7 Å². The van der Waals surface area contributed by atoms with Gasteiger partial charge in [0.25, 0.3) is 10.0 Å². The van der Waals surface area contributed by atoms with Crippen molar-refractivity contribution in [3.63, 3.8) is 0 Å². The van der Waals surface area contributed by atoms with E-state index in [2.05, 4.69) is 4.72 Å². The summed E-state index contributed by atoms with van der Waals surface area (Å²) in [5.41, 5.74) is 1.78. The molecule has 0 fully saturated rings. The number of hydrogen-bond acceptors (Lipinski definition) is 5. The van der Waals surface area contributed by atoms with Crippen LogP contribution in [0.4, 0.5) is 5.69 Å². The van der Waals surface area contributed by atoms with E-state index in [1.807, 2.05) is 19.9 Å². The predicted octanol–water partition coefficient (Wildman–Crippen LogP) is 3.41. The number of ether oxygens (including phenoxy) is 2. The monoisotopic (exact) mass is 375 g/mol. The first-order valence-corrected chi connectivity index (χ1v) is 9.88. The quantitative estimate of drug-likeness (QED) is 0.783. The van der Waals surface area contributed by atoms with Crippen molar-refractivity contribution in [3.8, 4) is 11.5 Å². The van der Waals surface area contributed by atoms with Crippen molar-refractivity contribution >= 4 is 21.5 Å². The Kier molecular flexibility index (Phi) is 4.91. The summed E-state index contributed by atoms with van der Waals surface area (Å²) in [4.78, 5) is 11.4. The lowest BCUT2D eigenvalue weighted by atomic mass is 10.1. The number of fused-ring (bicyclic) bond motifs is 1. The highest BCUT2D eigenvalue weighted by Crippen LogP contribution is 2.38. The molecule has 26 heavy (non-hydrogen) atoms. The lowest BCUT2D eigenvalue weighted by Gasteiger charge is -2.15. The maximum Gasteiger partial charge on any atom is 0.262 e. The average molecular weight is 375 g/mol. The lowest BCUT2D eigenvalue weighted by Crippen LogP contribution is -2.14. The normalized spacial score (nSPS) is 15.9. The van der Waals surface area contributed by atoms with Gasteiger partial charge >= 0.3 is 0 Å². The van der Waals surface area contributed by atoms with Crippen molar-refractivity contribution in [1.82, 2.24) is 0 Å². The van der Waals surface area contributed by atoms with E-state index in [4.69, 9.17) is 9.47 Å². The van der Waals surface area contributed by atoms with Gasteiger partial charge in [-0.2, -0.15) is 0 Å². The molecular formula is C19H21NO5S. The summed E-state index contributed by atoms with van der Waals surface area (Å²) >= 11 is 0. The zero-order chi connectivity index (χ0) is 18.9. The van der Waals surface area contributed by atoms with E-state index in [1.54, 1.807) is 6.07 Å². The Labute approximate surface area is 153 Å². The molecule has 6 nitrogen and oxygen atoms in total. The molecule has 0 unspecified atom stereocenters. The van der Waals surface area contributed by atoms with Gasteiger partial charge in [-0.05, 0) is 39.0 Å². The van der Waals surface area contributed by atoms with E-state index in [9.17, 15) is 13.2 Å². The van der Waals surface area contributed by atoms with Crippen LogP contribution in [0, 0.1) is 0 Å². The van der Waals surface area contributed by atoms with E-state index < -0.39 is 10.0 Å². The van der Waals surface area contributed by atoms with E-state index >= 15 is 0 Å². The topological polar surface area (TPSA) is 81.7 Å². The summed E-state index contributed by atoms with van der Waals surface area (Å²) in [6.45, 7) is 5.64. The molecule has 0 saturated carbocycles. The van der Waals surface area contributed by atoms with Crippen LogP contribution in [0.3, 0.4) is 0 Å². The van der Waals surface area contributed by atoms with Crippen molar-refractivity contribution in [2.75, 3.05) is 11.3 Å². The molecule has 1 heterocycles. The third-order valence-electron chi connectivity index (χ3n) is 4.11. The van der Waals surface area contributed by atoms with E-state index in [0.29, 0.717) is 29.4 Å². The molecule has 0 saturated heterocycles. The Morgan fingerprint density at radius 3 is 2.58 bits per heavy atom. The van der Waals surface area contributed by atoms with Crippen LogP contribution in [0.2, 0.25) is 0 Å². The zero-order valence-corrected chi connectivity index (χ0v) is 15.7. The van der Waals surface area contributed by atoms with Gasteiger partial charge in [0.15, 0.2) is 5.78 Å². The van der Waals surface area contributed by atoms with Crippen molar-refractivity contribution in [2.24, 2.45) is 0 Å². The first-order chi connectivity index (χ1) is 12.3. The molecule has 1 aliphatic heterocycles. The highest BCUT2D eigenvalue weighted by atomic mass is 32.2. The summed E-state index contributed by atoms with van der Waals surface area (Å²) in [5.74, 6) is 1.00. The van der Waals surface area contributed by atoms with Crippen LogP contribution in [-0.2, 0) is 16.4 Å². The van der Waals surface area contributed by atoms with Crippen LogP contribution in [0.15, 0.2) is 41.3 Å². The summed E-state index contributed by atoms with van der Waals surface area (Å²) in [6, 6.07) is 9.28. The number of sulfonamides is 1. The van der Waals surface area contributed by atoms with Gasteiger partial charge in [0.2, 0.25) is 0 Å². The summed E-state index contributed by atoms with van der Waals surface area (Å²) in [7, 11) is -3.82. The minimum Gasteiger partial charge on any atom is -0.492 e. The van der Waals surface area contributed by atoms with Gasteiger partial charge in [0.1, 0.15) is 17.6 Å². The van der Waals surface area contributed by atoms with Gasteiger partial charge in [0, 0.05) is 23.6 Å². The van der Waals surface area contributed by atoms with E-state index in [-0.39, 0.29) is 16.8 Å². The Morgan fingerprint density at radius 2 is 1.96 bits per heavy atom. The maximum absolute atomic E-state index is 12.7. The third-order valence-corrected chi connectivity index (χ3v) is 5.49. The number of benzene rings is 2. The Hall–Kier alpha value is -2.54. The van der Waals surface area contributed by atoms with Crippen LogP contribution < -0.4 is 14.2 Å². The molecule has 1 N–H and O–H groups in total. The van der Waals surface area contributed by atoms with Gasteiger partial charge in [-0.3, -0.25) is 9.52 Å². The average Bonchev–Trinajstić information content (AvgIpc) is 2.94. The minimum atomic E-state index is -3.82. The highest BCUT2D eigenvalue weighted by molar-refractivity contribution is 7.92. The first-order valence-electron chi connectivity index (χ1n) is 8.40. The van der Waals surface area contributed by atoms with E-state index in [0.717, 1.165) is 12.0 Å². The molecule has 0 radical (unpaired) electrons. The van der Waals surface area contributed by atoms with Crippen LogP contribution in [0.5, 0.6) is 11.5 Å². The smallest absolute Gasteiger partial charge is 0.262 e. The van der Waals surface area contributed by atoms with Gasteiger partial charge in [-0.15, -0.1) is 0 Å². The fourth-order valence-corrected chi connectivity index (χ4v) is 3.93. The van der Waals surface area contributed by atoms with Crippen LogP contribution in [-0.4, -0.2) is 26.9 Å². The molecule has 2 aromatic rings. The standard InChI is InChI=1S/C19H21NO5S/c1-4-24-19-10-15-9-12(2)25-18(15)11-17(19)20-26(22,23)16-7-5-14(6-8-16)13(3)21/h5-8,10-12,20H,4,9H2,1-3H3/t12-/m0/s1. The number of hydrogen-bond donors (Lipinski definition) is 1. The fourth-order valence-electron chi connectivity index (χ4n) is 2.87. The molecule has 0 spiro atoms. The van der Waals surface area contributed by atoms with Gasteiger partial charge < -0.3 is 9.47 Å². The number of ketones is 1. The van der Waals surface area contributed by atoms with Crippen molar-refractivity contribution in [2.45, 2.75) is 38.2 Å². The lowest BCUT2D eigenvalue weighted by molar-refractivity contribution is 0.101. The molecule has 0 aromatic heterocycles. The highest BCUT2D eigenvalue weighted by Gasteiger charge is 2.24. The van der Waals surface area contributed by atoms with Gasteiger partial charge in [-0.25, -0.2) is 8.42 Å². The molecule has 2 aromatic carbocycles. The summed E-state index contributed by atoms with van der Waals surface area (Å²) in [5, 5.41) is 0. The molecule has 7 heteroatoms. The van der Waals surface area contributed by atoms with Crippen molar-refractivity contribution in [1.29, 1.82) is 0 Å². The minimum absolute atomic E-state index is 0.0467. The van der Waals surface area contributed by atoms with Crippen LogP contribution in [0.25, 0.3) is 0 Å². The molecule has 0 bridgehead atoms. The number of Topliss-reactive ketones (excluding diaryl/α,β-unsaturated/α-hetero) is 1. The van der Waals surface area contributed by atoms with Crippen LogP contribution >= 0.6 is 0 Å². The van der Waals surface area contributed by atoms with Crippen molar-refractivity contribution in [3.05, 3.63) is 47.5 Å². The number of anilines is 1. The zero-order valence-electron chi connectivity index (χ0n) is 14.9. The molecular weight excluding hydrogens is 354 g/mol. The first kappa shape index (κ1) is 18.3. The van der Waals surface area contributed by atoms with Crippen molar-refractivity contribution < 1.29 is 22.7 Å². The Bertz CT molecular complexity index is 935. The number of rotatable bonds is 6. The summed E-state index contributed by atoms with van der Waals surface area (Å²) < 4.78 is 39.3. The SMILES string of the molecule is CCOc1cc2c(cc1NS(=O)(=O)c1ccc(C(C)=O)cc1)O[C@@H](C)C2. The molecule has 0 aliphatic carbocycles. The molecule has 3 rings (SSSR count). The molecule has 1 atom stereocenters. The number of carbonyl (C=O) groups excluding carboxylic acids is 1. The second-order valence-corrected chi connectivity index (χ2v) is 7.89. The summed E-state index contributed by atoms with van der Waals surface area (Å²) in [6.07, 6.45) is 0.806. The van der Waals surface area contributed by atoms with Gasteiger partial charge in [0.05, 0.1) is 17.2 Å². The fraction of sp³-hybridized carbons (Fsp3) is 0.316. The second-order valence-electron chi connectivity index (χ2n) is 6.21. The van der Waals surface area contributed by atoms with E-state index in [1.165, 1.54) is 31.2 Å². The number of carbonyl (C=O) groups is 1.